The van der Waals surface area contributed by atoms with Gasteiger partial charge in [-0.05, 0) is 28.1 Å². The molecule has 0 aliphatic heterocycles. The Morgan fingerprint density at radius 2 is 2.31 bits per heavy atom. The third-order valence-corrected chi connectivity index (χ3v) is 3.84. The second kappa shape index (κ2) is 3.58. The molecule has 0 aromatic carbocycles. The summed E-state index contributed by atoms with van der Waals surface area (Å²) in [5.41, 5.74) is 2.49. The molecule has 0 radical (unpaired) electrons. The molecule has 0 spiro atoms. The van der Waals surface area contributed by atoms with Crippen LogP contribution < -0.4 is 0 Å². The molecule has 2 aromatic heterocycles. The average molecular weight is 271 g/mol. The van der Waals surface area contributed by atoms with E-state index in [9.17, 15) is 0 Å². The smallest absolute Gasteiger partial charge is 0.133 e. The lowest BCUT2D eigenvalue weighted by molar-refractivity contribution is 1.41. The molecule has 0 bridgehead atoms. The first-order valence-corrected chi connectivity index (χ1v) is 5.89. The van der Waals surface area contributed by atoms with Crippen molar-refractivity contribution in [3.8, 4) is 16.6 Å². The lowest BCUT2D eigenvalue weighted by atomic mass is 10.3. The van der Waals surface area contributed by atoms with Gasteiger partial charge in [0.25, 0.3) is 0 Å². The number of hydrogen-bond acceptors (Lipinski definition) is 4. The van der Waals surface area contributed by atoms with Crippen LogP contribution in [0.4, 0.5) is 0 Å². The molecule has 0 saturated heterocycles. The number of rotatable bonds is 1. The highest BCUT2D eigenvalue weighted by Crippen LogP contribution is 2.33. The van der Waals surface area contributed by atoms with Gasteiger partial charge in [-0.15, -0.1) is 22.7 Å². The second-order valence-electron chi connectivity index (χ2n) is 2.25. The largest absolute Gasteiger partial charge is 0.242 e. The van der Waals surface area contributed by atoms with Crippen LogP contribution in [-0.4, -0.2) is 4.98 Å². The summed E-state index contributed by atoms with van der Waals surface area (Å²) in [6, 6.07) is 6.05. The van der Waals surface area contributed by atoms with E-state index < -0.39 is 0 Å². The van der Waals surface area contributed by atoms with Crippen LogP contribution >= 0.6 is 38.6 Å². The van der Waals surface area contributed by atoms with Gasteiger partial charge in [0.15, 0.2) is 0 Å². The van der Waals surface area contributed by atoms with E-state index >= 15 is 0 Å². The van der Waals surface area contributed by atoms with Crippen molar-refractivity contribution in [2.24, 2.45) is 0 Å². The third kappa shape index (κ3) is 1.66. The fraction of sp³-hybridized carbons (Fsp3) is 0. The quantitative estimate of drug-likeness (QED) is 0.795. The molecule has 0 atom stereocenters. The number of nitriles is 1. The Kier molecular flexibility index (Phi) is 2.44. The van der Waals surface area contributed by atoms with Gasteiger partial charge in [0.05, 0.1) is 14.2 Å². The number of thiophene rings is 1. The maximum Gasteiger partial charge on any atom is 0.133 e. The molecule has 0 N–H and O–H groups in total. The molecule has 0 aliphatic rings. The van der Waals surface area contributed by atoms with Gasteiger partial charge in [-0.1, -0.05) is 0 Å². The monoisotopic (exact) mass is 270 g/mol. The Morgan fingerprint density at radius 3 is 2.92 bits per heavy atom. The van der Waals surface area contributed by atoms with Gasteiger partial charge in [0, 0.05) is 0 Å². The molecule has 2 nitrogen and oxygen atoms in total. The molecule has 0 amide bonds. The van der Waals surface area contributed by atoms with E-state index in [1.807, 2.05) is 12.1 Å². The zero-order chi connectivity index (χ0) is 9.26. The minimum absolute atomic E-state index is 0.675. The van der Waals surface area contributed by atoms with Crippen molar-refractivity contribution in [3.05, 3.63) is 26.3 Å². The molecule has 0 fully saturated rings. The van der Waals surface area contributed by atoms with Crippen LogP contribution in [0.25, 0.3) is 10.6 Å². The van der Waals surface area contributed by atoms with E-state index in [1.54, 1.807) is 16.8 Å². The van der Waals surface area contributed by atoms with E-state index in [0.29, 0.717) is 4.88 Å². The first kappa shape index (κ1) is 8.88. The maximum absolute atomic E-state index is 8.79. The van der Waals surface area contributed by atoms with Crippen molar-refractivity contribution < 1.29 is 0 Å². The summed E-state index contributed by atoms with van der Waals surface area (Å²) >= 11 is 6.33. The molecule has 0 aliphatic carbocycles. The summed E-state index contributed by atoms with van der Waals surface area (Å²) < 4.78 is 1.05. The first-order chi connectivity index (χ1) is 6.31. The number of nitrogens with zero attached hydrogens (tertiary/aromatic N) is 2. The molecule has 13 heavy (non-hydrogen) atoms. The number of thiazole rings is 1. The Bertz CT molecular complexity index is 466. The molecule has 2 rings (SSSR count). The molecule has 2 aromatic rings. The second-order valence-corrected chi connectivity index (χ2v) is 5.56. The van der Waals surface area contributed by atoms with Crippen LogP contribution in [0.3, 0.4) is 0 Å². The van der Waals surface area contributed by atoms with Gasteiger partial charge in [0.2, 0.25) is 0 Å². The van der Waals surface area contributed by atoms with Crippen molar-refractivity contribution in [2.45, 2.75) is 0 Å². The van der Waals surface area contributed by atoms with Gasteiger partial charge >= 0.3 is 0 Å². The van der Waals surface area contributed by atoms with Gasteiger partial charge < -0.3 is 0 Å². The predicted molar refractivity (Wildman–Crippen MR) is 57.8 cm³/mol. The van der Waals surface area contributed by atoms with Gasteiger partial charge in [-0.3, -0.25) is 0 Å². The Balaban J connectivity index is 2.53. The average Bonchev–Trinajstić information content (AvgIpc) is 2.71. The normalized spacial score (nSPS) is 9.85. The highest BCUT2D eigenvalue weighted by Gasteiger charge is 2.09. The Labute approximate surface area is 91.6 Å². The summed E-state index contributed by atoms with van der Waals surface area (Å²) in [6.45, 7) is 0. The summed E-state index contributed by atoms with van der Waals surface area (Å²) in [5, 5.41) is 8.79. The van der Waals surface area contributed by atoms with E-state index in [0.717, 1.165) is 14.4 Å². The highest BCUT2D eigenvalue weighted by molar-refractivity contribution is 9.11. The Morgan fingerprint density at radius 1 is 1.46 bits per heavy atom. The lowest BCUT2D eigenvalue weighted by Gasteiger charge is -1.88. The van der Waals surface area contributed by atoms with Crippen LogP contribution in [0.15, 0.2) is 21.4 Å². The van der Waals surface area contributed by atoms with Crippen LogP contribution in [0.2, 0.25) is 0 Å². The SMILES string of the molecule is N#Cc1scnc1-c1ccc(Br)s1. The van der Waals surface area contributed by atoms with Crippen molar-refractivity contribution in [1.82, 2.24) is 4.98 Å². The lowest BCUT2D eigenvalue weighted by Crippen LogP contribution is -1.74. The summed E-state index contributed by atoms with van der Waals surface area (Å²) in [6.07, 6.45) is 0. The van der Waals surface area contributed by atoms with Crippen LogP contribution in [0, 0.1) is 11.3 Å². The van der Waals surface area contributed by atoms with Crippen molar-refractivity contribution in [1.29, 1.82) is 5.26 Å². The minimum atomic E-state index is 0.675. The molecule has 64 valence electrons. The van der Waals surface area contributed by atoms with Crippen LogP contribution in [0.5, 0.6) is 0 Å². The zero-order valence-electron chi connectivity index (χ0n) is 6.32. The van der Waals surface area contributed by atoms with Crippen LogP contribution in [-0.2, 0) is 0 Å². The fourth-order valence-corrected chi connectivity index (χ4v) is 2.99. The zero-order valence-corrected chi connectivity index (χ0v) is 9.54. The molecule has 5 heteroatoms. The Hall–Kier alpha value is -0.700. The first-order valence-electron chi connectivity index (χ1n) is 3.40. The van der Waals surface area contributed by atoms with Gasteiger partial charge in [0.1, 0.15) is 16.6 Å². The third-order valence-electron chi connectivity index (χ3n) is 1.48. The van der Waals surface area contributed by atoms with E-state index in [4.69, 9.17) is 5.26 Å². The fourth-order valence-electron chi connectivity index (χ4n) is 0.943. The molecule has 2 heterocycles. The van der Waals surface area contributed by atoms with Gasteiger partial charge in [-0.2, -0.15) is 5.26 Å². The van der Waals surface area contributed by atoms with Gasteiger partial charge in [-0.25, -0.2) is 4.98 Å². The number of hydrogen-bond donors (Lipinski definition) is 0. The van der Waals surface area contributed by atoms with E-state index in [1.165, 1.54) is 11.3 Å². The minimum Gasteiger partial charge on any atom is -0.242 e. The molecular formula is C8H3BrN2S2. The van der Waals surface area contributed by atoms with Crippen molar-refractivity contribution >= 4 is 38.6 Å². The highest BCUT2D eigenvalue weighted by atomic mass is 79.9. The maximum atomic E-state index is 8.79. The molecule has 0 saturated carbocycles. The number of aromatic nitrogens is 1. The summed E-state index contributed by atoms with van der Waals surface area (Å²) in [4.78, 5) is 5.86. The molecule has 0 unspecified atom stereocenters. The topological polar surface area (TPSA) is 36.7 Å². The van der Waals surface area contributed by atoms with E-state index in [-0.39, 0.29) is 0 Å². The van der Waals surface area contributed by atoms with Crippen molar-refractivity contribution in [2.75, 3.05) is 0 Å². The van der Waals surface area contributed by atoms with Crippen LogP contribution in [0.1, 0.15) is 4.88 Å². The summed E-state index contributed by atoms with van der Waals surface area (Å²) in [7, 11) is 0. The predicted octanol–water partition coefficient (Wildman–Crippen LogP) is 3.51. The summed E-state index contributed by atoms with van der Waals surface area (Å²) in [5.74, 6) is 0. The number of halogens is 1. The van der Waals surface area contributed by atoms with E-state index in [2.05, 4.69) is 27.0 Å². The molecular weight excluding hydrogens is 268 g/mol. The van der Waals surface area contributed by atoms with Crippen molar-refractivity contribution in [3.63, 3.8) is 0 Å². The standard InChI is InChI=1S/C8H3BrN2S2/c9-7-2-1-5(13-7)8-6(3-10)12-4-11-8/h1-2,4H.